The smallest absolute Gasteiger partial charge is 0.258 e. The van der Waals surface area contributed by atoms with Crippen molar-refractivity contribution in [3.05, 3.63) is 29.3 Å². The van der Waals surface area contributed by atoms with Crippen molar-refractivity contribution in [3.63, 3.8) is 0 Å². The molecule has 180 valence electrons. The van der Waals surface area contributed by atoms with Gasteiger partial charge in [0.25, 0.3) is 5.91 Å². The van der Waals surface area contributed by atoms with Crippen LogP contribution in [0.25, 0.3) is 0 Å². The zero-order chi connectivity index (χ0) is 24.5. The molecule has 2 N–H and O–H groups in total. The molecule has 1 atom stereocenters. The van der Waals surface area contributed by atoms with Crippen LogP contribution in [0.1, 0.15) is 47.4 Å². The van der Waals surface area contributed by atoms with Crippen molar-refractivity contribution in [2.75, 3.05) is 40.3 Å². The first-order valence-corrected chi connectivity index (χ1v) is 10.9. The fourth-order valence-corrected chi connectivity index (χ4v) is 3.52. The second-order valence-electron chi connectivity index (χ2n) is 8.23. The van der Waals surface area contributed by atoms with Crippen LogP contribution >= 0.6 is 0 Å². The highest BCUT2D eigenvalue weighted by Crippen LogP contribution is 2.25. The highest BCUT2D eigenvalue weighted by Gasteiger charge is 2.34. The maximum Gasteiger partial charge on any atom is 0.258 e. The second-order valence-corrected chi connectivity index (χ2v) is 8.23. The predicted octanol–water partition coefficient (Wildman–Crippen LogP) is 0.459. The molecule has 2 rings (SSSR count). The van der Waals surface area contributed by atoms with Gasteiger partial charge in [-0.1, -0.05) is 26.0 Å². The van der Waals surface area contributed by atoms with Crippen LogP contribution in [0, 0.1) is 5.92 Å². The molecule has 1 aromatic rings. The zero-order valence-corrected chi connectivity index (χ0v) is 19.6. The minimum absolute atomic E-state index is 0.0577. The van der Waals surface area contributed by atoms with Crippen LogP contribution in [0.3, 0.4) is 0 Å². The SMILES string of the molecule is CC(C)C(=O)N(C)CCNCCOc1cccc(C=O)c1C(=O)N(C)C1CCC(=O)NC1=O. The molecule has 0 spiro atoms. The zero-order valence-electron chi connectivity index (χ0n) is 19.6. The van der Waals surface area contributed by atoms with Gasteiger partial charge in [0.15, 0.2) is 6.29 Å². The van der Waals surface area contributed by atoms with Crippen LogP contribution in [-0.4, -0.2) is 86.1 Å². The van der Waals surface area contributed by atoms with Gasteiger partial charge in [0, 0.05) is 51.6 Å². The first-order chi connectivity index (χ1) is 15.7. The van der Waals surface area contributed by atoms with E-state index < -0.39 is 17.9 Å². The highest BCUT2D eigenvalue weighted by molar-refractivity contribution is 6.07. The van der Waals surface area contributed by atoms with Gasteiger partial charge in [-0.25, -0.2) is 0 Å². The van der Waals surface area contributed by atoms with Crippen LogP contribution in [0.5, 0.6) is 5.75 Å². The first kappa shape index (κ1) is 26.0. The standard InChI is InChI=1S/C23H32N4O6/c1-15(2)22(31)26(3)12-10-24-11-13-33-18-7-5-6-16(14-28)20(18)23(32)27(4)17-8-9-19(29)25-21(17)30/h5-7,14-15,17,24H,8-13H2,1-4H3,(H,25,29,30). The highest BCUT2D eigenvalue weighted by atomic mass is 16.5. The van der Waals surface area contributed by atoms with E-state index in [4.69, 9.17) is 4.74 Å². The van der Waals surface area contributed by atoms with Crippen LogP contribution in [-0.2, 0) is 14.4 Å². The van der Waals surface area contributed by atoms with Gasteiger partial charge in [-0.15, -0.1) is 0 Å². The lowest BCUT2D eigenvalue weighted by molar-refractivity contribution is -0.136. The Balaban J connectivity index is 1.98. The summed E-state index contributed by atoms with van der Waals surface area (Å²) in [5.41, 5.74) is 0.223. The summed E-state index contributed by atoms with van der Waals surface area (Å²) in [6.45, 7) is 5.53. The number of aldehydes is 1. The summed E-state index contributed by atoms with van der Waals surface area (Å²) >= 11 is 0. The summed E-state index contributed by atoms with van der Waals surface area (Å²) in [6, 6.07) is 3.90. The minimum Gasteiger partial charge on any atom is -0.491 e. The van der Waals surface area contributed by atoms with Gasteiger partial charge in [-0.05, 0) is 12.5 Å². The van der Waals surface area contributed by atoms with E-state index in [-0.39, 0.29) is 54.1 Å². The van der Waals surface area contributed by atoms with E-state index in [1.54, 1.807) is 24.1 Å². The minimum atomic E-state index is -0.810. The number of hydrogen-bond donors (Lipinski definition) is 2. The van der Waals surface area contributed by atoms with Gasteiger partial charge in [0.05, 0.1) is 5.56 Å². The van der Waals surface area contributed by atoms with E-state index >= 15 is 0 Å². The number of imide groups is 1. The molecule has 0 aromatic heterocycles. The molecule has 1 aliphatic rings. The van der Waals surface area contributed by atoms with Crippen molar-refractivity contribution >= 4 is 29.9 Å². The van der Waals surface area contributed by atoms with E-state index in [0.717, 1.165) is 0 Å². The fraction of sp³-hybridized carbons (Fsp3) is 0.522. The van der Waals surface area contributed by atoms with Crippen molar-refractivity contribution in [1.82, 2.24) is 20.4 Å². The summed E-state index contributed by atoms with van der Waals surface area (Å²) in [4.78, 5) is 63.1. The number of carbonyl (C=O) groups excluding carboxylic acids is 5. The quantitative estimate of drug-likeness (QED) is 0.279. The maximum absolute atomic E-state index is 13.2. The Bertz CT molecular complexity index is 901. The number of ether oxygens (including phenoxy) is 1. The molecular formula is C23H32N4O6. The Morgan fingerprint density at radius 1 is 1.24 bits per heavy atom. The molecule has 0 radical (unpaired) electrons. The van der Waals surface area contributed by atoms with Crippen molar-refractivity contribution in [2.45, 2.75) is 32.7 Å². The number of nitrogens with zero attached hydrogens (tertiary/aromatic N) is 2. The van der Waals surface area contributed by atoms with E-state index in [9.17, 15) is 24.0 Å². The summed E-state index contributed by atoms with van der Waals surface area (Å²) in [5.74, 6) is -1.21. The maximum atomic E-state index is 13.2. The molecule has 1 heterocycles. The summed E-state index contributed by atoms with van der Waals surface area (Å²) in [6.07, 6.45) is 0.915. The Morgan fingerprint density at radius 3 is 2.61 bits per heavy atom. The van der Waals surface area contributed by atoms with Crippen LogP contribution in [0.4, 0.5) is 0 Å². The normalized spacial score (nSPS) is 15.7. The van der Waals surface area contributed by atoms with Crippen molar-refractivity contribution in [3.8, 4) is 5.75 Å². The Morgan fingerprint density at radius 2 is 1.97 bits per heavy atom. The molecule has 1 fully saturated rings. The molecule has 0 saturated carbocycles. The Kier molecular flexibility index (Phi) is 9.53. The number of carbonyl (C=O) groups is 5. The summed E-state index contributed by atoms with van der Waals surface area (Å²) in [7, 11) is 3.21. The number of benzene rings is 1. The molecule has 1 aliphatic heterocycles. The number of hydrogen-bond acceptors (Lipinski definition) is 7. The fourth-order valence-electron chi connectivity index (χ4n) is 3.52. The topological polar surface area (TPSA) is 125 Å². The number of amides is 4. The monoisotopic (exact) mass is 460 g/mol. The molecular weight excluding hydrogens is 428 g/mol. The van der Waals surface area contributed by atoms with Gasteiger partial charge in [0.2, 0.25) is 17.7 Å². The van der Waals surface area contributed by atoms with Gasteiger partial charge < -0.3 is 19.9 Å². The largest absolute Gasteiger partial charge is 0.491 e. The van der Waals surface area contributed by atoms with Gasteiger partial charge >= 0.3 is 0 Å². The average molecular weight is 461 g/mol. The molecule has 4 amide bonds. The molecule has 0 bridgehead atoms. The molecule has 10 nitrogen and oxygen atoms in total. The Labute approximate surface area is 193 Å². The van der Waals surface area contributed by atoms with Gasteiger partial charge in [0.1, 0.15) is 18.4 Å². The van der Waals surface area contributed by atoms with Gasteiger partial charge in [-0.2, -0.15) is 0 Å². The molecule has 10 heteroatoms. The van der Waals surface area contributed by atoms with Crippen LogP contribution in [0.15, 0.2) is 18.2 Å². The first-order valence-electron chi connectivity index (χ1n) is 10.9. The van der Waals surface area contributed by atoms with Crippen molar-refractivity contribution in [2.24, 2.45) is 5.92 Å². The second kappa shape index (κ2) is 12.1. The third-order valence-electron chi connectivity index (χ3n) is 5.43. The average Bonchev–Trinajstić information content (AvgIpc) is 2.79. The molecule has 1 aromatic carbocycles. The van der Waals surface area contributed by atoms with Gasteiger partial charge in [-0.3, -0.25) is 29.3 Å². The van der Waals surface area contributed by atoms with E-state index in [1.165, 1.54) is 18.0 Å². The number of rotatable bonds is 11. The summed E-state index contributed by atoms with van der Waals surface area (Å²) in [5, 5.41) is 5.40. The molecule has 1 unspecified atom stereocenters. The third kappa shape index (κ3) is 6.85. The lowest BCUT2D eigenvalue weighted by Gasteiger charge is -2.30. The number of nitrogens with one attached hydrogen (secondary N) is 2. The van der Waals surface area contributed by atoms with E-state index in [1.807, 2.05) is 13.8 Å². The van der Waals surface area contributed by atoms with E-state index in [0.29, 0.717) is 25.9 Å². The predicted molar refractivity (Wildman–Crippen MR) is 121 cm³/mol. The number of likely N-dealkylation sites (N-methyl/N-ethyl adjacent to an activating group) is 2. The van der Waals surface area contributed by atoms with E-state index in [2.05, 4.69) is 10.6 Å². The van der Waals surface area contributed by atoms with Crippen LogP contribution in [0.2, 0.25) is 0 Å². The third-order valence-corrected chi connectivity index (χ3v) is 5.43. The Hall–Kier alpha value is -3.27. The lowest BCUT2D eigenvalue weighted by atomic mass is 10.0. The van der Waals surface area contributed by atoms with Crippen molar-refractivity contribution in [1.29, 1.82) is 0 Å². The number of piperidine rings is 1. The van der Waals surface area contributed by atoms with Crippen molar-refractivity contribution < 1.29 is 28.7 Å². The molecule has 0 aliphatic carbocycles. The molecule has 1 saturated heterocycles. The molecule has 33 heavy (non-hydrogen) atoms. The summed E-state index contributed by atoms with van der Waals surface area (Å²) < 4.78 is 5.77. The van der Waals surface area contributed by atoms with Crippen LogP contribution < -0.4 is 15.4 Å². The lowest BCUT2D eigenvalue weighted by Crippen LogP contribution is -2.53.